The largest absolute Gasteiger partial charge is 0.478 e. The minimum absolute atomic E-state index is 0.285. The first kappa shape index (κ1) is 44.8. The number of carbonyl (C=O) groups is 1. The van der Waals surface area contributed by atoms with Gasteiger partial charge in [-0.25, -0.2) is 30.0 Å². The summed E-state index contributed by atoms with van der Waals surface area (Å²) in [6, 6.07) is 3.65. The van der Waals surface area contributed by atoms with Gasteiger partial charge in [0.1, 0.15) is 15.1 Å². The average Bonchev–Trinajstić information content (AvgIpc) is 3.01. The third-order valence-corrected chi connectivity index (χ3v) is 12.4. The van der Waals surface area contributed by atoms with Crippen molar-refractivity contribution >= 4 is 78.1 Å². The first-order valence-electron chi connectivity index (χ1n) is 13.6. The van der Waals surface area contributed by atoms with Crippen LogP contribution in [0.15, 0.2) is 81.8 Å². The fraction of sp³-hybridized carbons (Fsp3) is 0.174. The summed E-state index contributed by atoms with van der Waals surface area (Å²) in [5.74, 6) is -4.23. The summed E-state index contributed by atoms with van der Waals surface area (Å²) in [5, 5.41) is 14.0. The van der Waals surface area contributed by atoms with Crippen LogP contribution in [0, 0.1) is 0 Å². The number of nitrogens with one attached hydrogen (secondary N) is 2. The smallest absolute Gasteiger partial charge is 0.397 e. The lowest BCUT2D eigenvalue weighted by atomic mass is 10.2. The number of benzene rings is 3. The monoisotopic (exact) mass is 898 g/mol. The Morgan fingerprint density at radius 2 is 0.982 bits per heavy atom. The van der Waals surface area contributed by atoms with E-state index in [2.05, 4.69) is 18.6 Å². The Hall–Kier alpha value is -4.61. The van der Waals surface area contributed by atoms with Gasteiger partial charge in [-0.2, -0.15) is 43.9 Å². The number of aromatic carboxylic acids is 1. The lowest BCUT2D eigenvalue weighted by molar-refractivity contribution is 0.0694. The number of nitrogens with zero attached hydrogens (tertiary/aromatic N) is 2. The van der Waals surface area contributed by atoms with Gasteiger partial charge in [0, 0.05) is 6.07 Å². The highest BCUT2D eigenvalue weighted by Crippen LogP contribution is 2.27. The summed E-state index contributed by atoms with van der Waals surface area (Å²) < 4.78 is 186. The molecule has 0 atom stereocenters. The molecule has 0 heterocycles. The molecule has 3 aromatic carbocycles. The van der Waals surface area contributed by atoms with E-state index in [1.165, 1.54) is 0 Å². The molecule has 0 aromatic heterocycles. The lowest BCUT2D eigenvalue weighted by Gasteiger charge is -2.10. The molecule has 3 aromatic rings. The molecule has 7 N–H and O–H groups in total. The maximum absolute atomic E-state index is 13.3. The van der Waals surface area contributed by atoms with Crippen molar-refractivity contribution in [1.29, 1.82) is 0 Å². The predicted octanol–water partition coefficient (Wildman–Crippen LogP) is -3.48. The van der Waals surface area contributed by atoms with E-state index in [-0.39, 0.29) is 6.07 Å². The van der Waals surface area contributed by atoms with Crippen molar-refractivity contribution < 1.29 is 87.0 Å². The van der Waals surface area contributed by atoms with Crippen molar-refractivity contribution in [2.24, 2.45) is 10.2 Å². The first-order valence-corrected chi connectivity index (χ1v) is 22.5. The van der Waals surface area contributed by atoms with E-state index in [0.717, 1.165) is 0 Å². The Balaban J connectivity index is 2.13. The predicted molar refractivity (Wildman–Crippen MR) is 178 cm³/mol. The number of carboxylic acid groups (broad SMARTS) is 1. The fourth-order valence-corrected chi connectivity index (χ4v) is 8.47. The Morgan fingerprint density at radius 3 is 1.33 bits per heavy atom. The summed E-state index contributed by atoms with van der Waals surface area (Å²) in [6.07, 6.45) is 0. The van der Waals surface area contributed by atoms with Crippen molar-refractivity contribution in [2.75, 3.05) is 35.6 Å². The number of carboxylic acids is 1. The molecule has 0 saturated heterocycles. The van der Waals surface area contributed by atoms with Gasteiger partial charge in [-0.05, 0) is 36.4 Å². The van der Waals surface area contributed by atoms with Crippen LogP contribution in [-0.2, 0) is 69.1 Å². The van der Waals surface area contributed by atoms with E-state index in [1.807, 2.05) is 10.9 Å². The summed E-state index contributed by atoms with van der Waals surface area (Å²) in [6.45, 7) is -2.24. The molecular formula is C23H22N4O22S6. The summed E-state index contributed by atoms with van der Waals surface area (Å²) >= 11 is 0. The van der Waals surface area contributed by atoms with E-state index in [4.69, 9.17) is 9.11 Å². The Labute approximate surface area is 308 Å². The van der Waals surface area contributed by atoms with E-state index in [1.54, 1.807) is 0 Å². The molecule has 302 valence electrons. The Morgan fingerprint density at radius 1 is 0.600 bits per heavy atom. The van der Waals surface area contributed by atoms with Gasteiger partial charge in [0.15, 0.2) is 25.0 Å². The molecule has 0 aliphatic heterocycles. The molecule has 0 bridgehead atoms. The van der Waals surface area contributed by atoms with Crippen LogP contribution in [0.1, 0.15) is 10.4 Å². The maximum atomic E-state index is 13.3. The quantitative estimate of drug-likeness (QED) is 0.0511. The third kappa shape index (κ3) is 12.2. The van der Waals surface area contributed by atoms with E-state index in [9.17, 15) is 79.1 Å². The minimum Gasteiger partial charge on any atom is -0.478 e. The van der Waals surface area contributed by atoms with Crippen molar-refractivity contribution in [3.05, 3.63) is 79.2 Å². The van der Waals surface area contributed by atoms with Gasteiger partial charge in [-0.1, -0.05) is 0 Å². The van der Waals surface area contributed by atoms with Crippen LogP contribution in [-0.4, -0.2) is 105 Å². The second-order valence-corrected chi connectivity index (χ2v) is 19.3. The second kappa shape index (κ2) is 16.2. The zero-order valence-electron chi connectivity index (χ0n) is 26.4. The van der Waals surface area contributed by atoms with E-state index < -0.39 is 149 Å². The molecule has 0 aliphatic carbocycles. The normalized spacial score (nSPS) is 13.8. The highest BCUT2D eigenvalue weighted by atomic mass is 32.3. The number of hydrogen-bond donors (Lipinski definition) is 7. The Bertz CT molecular complexity index is 2980. The van der Waals surface area contributed by atoms with E-state index >= 15 is 0 Å². The molecule has 26 nitrogen and oxygen atoms in total. The molecule has 0 radical (unpaired) electrons. The summed E-state index contributed by atoms with van der Waals surface area (Å²) in [5.41, 5.74) is -2.05. The van der Waals surface area contributed by atoms with Crippen molar-refractivity contribution in [2.45, 2.75) is 19.6 Å². The van der Waals surface area contributed by atoms with Crippen LogP contribution in [0.2, 0.25) is 0 Å². The molecule has 0 unspecified atom stereocenters. The Kier molecular flexibility index (Phi) is 13.2. The minimum atomic E-state index is -5.37. The molecule has 0 aliphatic rings. The molecule has 0 spiro atoms. The molecule has 32 heteroatoms. The first-order chi connectivity index (χ1) is 24.9. The second-order valence-electron chi connectivity index (χ2n) is 10.1. The van der Waals surface area contributed by atoms with Gasteiger partial charge in [-0.3, -0.25) is 38.7 Å². The van der Waals surface area contributed by atoms with Crippen LogP contribution in [0.5, 0.6) is 0 Å². The zero-order valence-corrected chi connectivity index (χ0v) is 31.3. The van der Waals surface area contributed by atoms with Crippen molar-refractivity contribution in [1.82, 2.24) is 0 Å². The standard InChI is InChI=1S/C23H22N4O22S6/c28-17-11-14(23(30)31)20(26-24-15-3-1-12(9-18(15)52(36,37)38)50(32,33)7-5-48-54(42,43)44)22(29)21(17)27-25-16-4-2-13(10-19(16)53(39,40)41)51(34,35)8-6-49-55(45,46)47/h1-4,9-11,24-25H,5-8H2,(H,30,31)(H,36,37,38)(H,39,40,41)(H,42,43,44)(H,45,46,47). The topological polar surface area (TPSA) is 424 Å². The molecule has 55 heavy (non-hydrogen) atoms. The van der Waals surface area contributed by atoms with Crippen LogP contribution in [0.25, 0.3) is 0 Å². The van der Waals surface area contributed by atoms with Gasteiger partial charge >= 0.3 is 26.8 Å². The molecule has 3 rings (SSSR count). The summed E-state index contributed by atoms with van der Waals surface area (Å²) in [4.78, 5) is 33.6. The lowest BCUT2D eigenvalue weighted by Crippen LogP contribution is -2.50. The molecule has 0 fully saturated rings. The number of hydrogen-bond acceptors (Lipinski definition) is 21. The molecule has 0 amide bonds. The van der Waals surface area contributed by atoms with Crippen LogP contribution < -0.4 is 32.4 Å². The van der Waals surface area contributed by atoms with Gasteiger partial charge in [0.2, 0.25) is 10.9 Å². The molecular weight excluding hydrogens is 877 g/mol. The van der Waals surface area contributed by atoms with Gasteiger partial charge < -0.3 is 5.11 Å². The van der Waals surface area contributed by atoms with E-state index in [0.29, 0.717) is 36.4 Å². The number of anilines is 2. The SMILES string of the molecule is O=C(O)c1cc(=O)c(=NNc2ccc(S(=O)(=O)CCOS(=O)(=O)O)cc2S(=O)(=O)O)c(=O)c1=NNc1ccc(S(=O)(=O)CCOS(=O)(=O)O)cc1S(=O)(=O)O. The third-order valence-electron chi connectivity index (χ3n) is 6.35. The number of sulfone groups is 2. The molecule has 0 saturated carbocycles. The number of rotatable bonds is 17. The average molecular weight is 899 g/mol. The highest BCUT2D eigenvalue weighted by molar-refractivity contribution is 7.92. The van der Waals surface area contributed by atoms with Crippen molar-refractivity contribution in [3.8, 4) is 0 Å². The van der Waals surface area contributed by atoms with Crippen LogP contribution >= 0.6 is 0 Å². The summed E-state index contributed by atoms with van der Waals surface area (Å²) in [7, 11) is -30.0. The van der Waals surface area contributed by atoms with Gasteiger partial charge in [0.25, 0.3) is 20.2 Å². The zero-order chi connectivity index (χ0) is 41.9. The van der Waals surface area contributed by atoms with Crippen molar-refractivity contribution in [3.63, 3.8) is 0 Å². The highest BCUT2D eigenvalue weighted by Gasteiger charge is 2.25. The van der Waals surface area contributed by atoms with Crippen LogP contribution in [0.3, 0.4) is 0 Å². The van der Waals surface area contributed by atoms with Gasteiger partial charge in [-0.15, -0.1) is 0 Å². The fourth-order valence-electron chi connectivity index (χ4n) is 3.96. The maximum Gasteiger partial charge on any atom is 0.397 e. The van der Waals surface area contributed by atoms with Crippen LogP contribution in [0.4, 0.5) is 11.4 Å². The van der Waals surface area contributed by atoms with Gasteiger partial charge in [0.05, 0.1) is 51.4 Å².